The van der Waals surface area contributed by atoms with Gasteiger partial charge in [0.2, 0.25) is 0 Å². The van der Waals surface area contributed by atoms with Gasteiger partial charge in [-0.2, -0.15) is 0 Å². The van der Waals surface area contributed by atoms with Gasteiger partial charge < -0.3 is 0 Å². The molecule has 0 saturated heterocycles. The van der Waals surface area contributed by atoms with Gasteiger partial charge in [-0.05, 0) is 68.3 Å². The summed E-state index contributed by atoms with van der Waals surface area (Å²) in [5, 5.41) is 10.7. The Morgan fingerprint density at radius 3 is 1.62 bits per heavy atom. The molecule has 2 N–H and O–H groups in total. The monoisotopic (exact) mass is 475 g/mol. The molecule has 0 amide bonds. The van der Waals surface area contributed by atoms with Crippen LogP contribution in [0.15, 0.2) is 70.5 Å². The normalized spacial score (nSPS) is 11.7. The molecule has 0 radical (unpaired) electrons. The number of nitrogens with zero attached hydrogens (tertiary/aromatic N) is 1. The molecule has 0 fully saturated rings. The molecule has 0 aliphatic rings. The predicted octanol–water partition coefficient (Wildman–Crippen LogP) is 4.12. The third-order valence-electron chi connectivity index (χ3n) is 4.69. The zero-order valence-corrected chi connectivity index (χ0v) is 19.1. The van der Waals surface area contributed by atoms with Gasteiger partial charge in [-0.1, -0.05) is 17.7 Å². The Labute approximate surface area is 186 Å². The van der Waals surface area contributed by atoms with Crippen molar-refractivity contribution in [3.8, 4) is 0 Å². The standard InChI is InChI=1S/C21H21N3O6S2/c1-14-12-15(2)21(16(3)13-14)23-32(29,30)19-8-4-17(5-9-19)22-31(27,28)20-10-6-18(7-11-20)24(25)26/h4-13,22-23H,1-3H3. The van der Waals surface area contributed by atoms with Gasteiger partial charge in [-0.3, -0.25) is 19.6 Å². The molecule has 0 heterocycles. The van der Waals surface area contributed by atoms with Crippen LogP contribution in [0, 0.1) is 30.9 Å². The van der Waals surface area contributed by atoms with Crippen LogP contribution in [-0.2, 0) is 20.0 Å². The lowest BCUT2D eigenvalue weighted by atomic mass is 10.1. The van der Waals surface area contributed by atoms with E-state index in [4.69, 9.17) is 0 Å². The van der Waals surface area contributed by atoms with E-state index >= 15 is 0 Å². The van der Waals surface area contributed by atoms with Gasteiger partial charge in [0.1, 0.15) is 0 Å². The van der Waals surface area contributed by atoms with Gasteiger partial charge in [0.25, 0.3) is 25.7 Å². The lowest BCUT2D eigenvalue weighted by Crippen LogP contribution is -2.15. The maximum Gasteiger partial charge on any atom is 0.269 e. The maximum absolute atomic E-state index is 12.8. The van der Waals surface area contributed by atoms with Crippen LogP contribution in [-0.4, -0.2) is 21.8 Å². The third-order valence-corrected chi connectivity index (χ3v) is 7.45. The number of sulfonamides is 2. The molecule has 0 saturated carbocycles. The van der Waals surface area contributed by atoms with Crippen LogP contribution in [0.2, 0.25) is 0 Å². The van der Waals surface area contributed by atoms with Crippen molar-refractivity contribution in [2.45, 2.75) is 30.6 Å². The average Bonchev–Trinajstić information content (AvgIpc) is 2.71. The first kappa shape index (κ1) is 23.2. The van der Waals surface area contributed by atoms with Gasteiger partial charge in [0, 0.05) is 17.8 Å². The summed E-state index contributed by atoms with van der Waals surface area (Å²) < 4.78 is 55.5. The second-order valence-corrected chi connectivity index (χ2v) is 10.6. The molecule has 3 aromatic carbocycles. The number of non-ortho nitro benzene ring substituents is 1. The minimum atomic E-state index is -4.01. The van der Waals surface area contributed by atoms with Crippen LogP contribution in [0.5, 0.6) is 0 Å². The summed E-state index contributed by atoms with van der Waals surface area (Å²) >= 11 is 0. The largest absolute Gasteiger partial charge is 0.280 e. The van der Waals surface area contributed by atoms with Crippen LogP contribution in [0.25, 0.3) is 0 Å². The molecular formula is C21H21N3O6S2. The first-order valence-corrected chi connectivity index (χ1v) is 12.3. The highest BCUT2D eigenvalue weighted by atomic mass is 32.2. The van der Waals surface area contributed by atoms with Crippen LogP contribution < -0.4 is 9.44 Å². The number of rotatable bonds is 7. The molecule has 3 rings (SSSR count). The Bertz CT molecular complexity index is 1360. The fraction of sp³-hybridized carbons (Fsp3) is 0.143. The van der Waals surface area contributed by atoms with Gasteiger partial charge in [-0.25, -0.2) is 16.8 Å². The number of nitro groups is 1. The number of anilines is 2. The Morgan fingerprint density at radius 1 is 0.719 bits per heavy atom. The summed E-state index contributed by atoms with van der Waals surface area (Å²) in [7, 11) is -7.89. The van der Waals surface area contributed by atoms with Crippen molar-refractivity contribution in [1.29, 1.82) is 0 Å². The number of nitrogens with one attached hydrogen (secondary N) is 2. The molecule has 32 heavy (non-hydrogen) atoms. The number of hydrogen-bond donors (Lipinski definition) is 2. The van der Waals surface area contributed by atoms with E-state index in [9.17, 15) is 26.9 Å². The Balaban J connectivity index is 1.80. The molecule has 0 aliphatic heterocycles. The van der Waals surface area contributed by atoms with Crippen molar-refractivity contribution in [2.24, 2.45) is 0 Å². The van der Waals surface area contributed by atoms with E-state index in [1.807, 2.05) is 32.9 Å². The maximum atomic E-state index is 12.8. The summed E-state index contributed by atoms with van der Waals surface area (Å²) in [6, 6.07) is 13.4. The second-order valence-electron chi connectivity index (χ2n) is 7.26. The zero-order chi connectivity index (χ0) is 23.7. The van der Waals surface area contributed by atoms with E-state index in [0.717, 1.165) is 41.0 Å². The van der Waals surface area contributed by atoms with E-state index in [2.05, 4.69) is 9.44 Å². The van der Waals surface area contributed by atoms with Gasteiger partial charge >= 0.3 is 0 Å². The van der Waals surface area contributed by atoms with E-state index in [-0.39, 0.29) is 21.2 Å². The molecule has 0 bridgehead atoms. The molecular weight excluding hydrogens is 454 g/mol. The van der Waals surface area contributed by atoms with E-state index in [1.54, 1.807) is 0 Å². The fourth-order valence-corrected chi connectivity index (χ4v) is 5.46. The van der Waals surface area contributed by atoms with Crippen molar-refractivity contribution in [1.82, 2.24) is 0 Å². The van der Waals surface area contributed by atoms with Crippen LogP contribution in [0.4, 0.5) is 17.1 Å². The van der Waals surface area contributed by atoms with Crippen LogP contribution in [0.3, 0.4) is 0 Å². The van der Waals surface area contributed by atoms with Crippen molar-refractivity contribution >= 4 is 37.1 Å². The van der Waals surface area contributed by atoms with Crippen LogP contribution >= 0.6 is 0 Å². The summed E-state index contributed by atoms with van der Waals surface area (Å²) in [5.74, 6) is 0. The molecule has 0 spiro atoms. The van der Waals surface area contributed by atoms with Crippen molar-refractivity contribution in [3.63, 3.8) is 0 Å². The summed E-state index contributed by atoms with van der Waals surface area (Å²) in [6.45, 7) is 5.55. The lowest BCUT2D eigenvalue weighted by Gasteiger charge is -2.15. The molecule has 0 aliphatic carbocycles. The lowest BCUT2D eigenvalue weighted by molar-refractivity contribution is -0.384. The summed E-state index contributed by atoms with van der Waals surface area (Å²) in [6.07, 6.45) is 0. The van der Waals surface area contributed by atoms with Crippen LogP contribution in [0.1, 0.15) is 16.7 Å². The SMILES string of the molecule is Cc1cc(C)c(NS(=O)(=O)c2ccc(NS(=O)(=O)c3ccc([N+](=O)[O-])cc3)cc2)c(C)c1. The number of hydrogen-bond acceptors (Lipinski definition) is 6. The molecule has 9 nitrogen and oxygen atoms in total. The number of aryl methyl sites for hydroxylation is 3. The minimum absolute atomic E-state index is 0.0323. The van der Waals surface area contributed by atoms with Crippen molar-refractivity contribution in [2.75, 3.05) is 9.44 Å². The van der Waals surface area contributed by atoms with E-state index in [1.165, 1.54) is 24.3 Å². The zero-order valence-electron chi connectivity index (χ0n) is 17.5. The summed E-state index contributed by atoms with van der Waals surface area (Å²) in [4.78, 5) is 9.90. The Kier molecular flexibility index (Phi) is 6.24. The number of benzene rings is 3. The average molecular weight is 476 g/mol. The van der Waals surface area contributed by atoms with Crippen molar-refractivity contribution < 1.29 is 21.8 Å². The highest BCUT2D eigenvalue weighted by molar-refractivity contribution is 7.93. The van der Waals surface area contributed by atoms with Crippen molar-refractivity contribution in [3.05, 3.63) is 87.5 Å². The highest BCUT2D eigenvalue weighted by Gasteiger charge is 2.19. The molecule has 0 unspecified atom stereocenters. The first-order valence-electron chi connectivity index (χ1n) is 9.37. The quantitative estimate of drug-likeness (QED) is 0.390. The Hall–Kier alpha value is -3.44. The molecule has 0 aromatic heterocycles. The Morgan fingerprint density at radius 2 is 1.16 bits per heavy atom. The van der Waals surface area contributed by atoms with Gasteiger partial charge in [-0.15, -0.1) is 0 Å². The van der Waals surface area contributed by atoms with E-state index in [0.29, 0.717) is 5.69 Å². The molecule has 3 aromatic rings. The summed E-state index contributed by atoms with van der Waals surface area (Å²) in [5.41, 5.74) is 3.01. The first-order chi connectivity index (χ1) is 14.9. The van der Waals surface area contributed by atoms with Gasteiger partial charge in [0.15, 0.2) is 0 Å². The number of nitro benzene ring substituents is 1. The van der Waals surface area contributed by atoms with E-state index < -0.39 is 25.0 Å². The minimum Gasteiger partial charge on any atom is -0.280 e. The highest BCUT2D eigenvalue weighted by Crippen LogP contribution is 2.26. The molecule has 11 heteroatoms. The predicted molar refractivity (Wildman–Crippen MR) is 122 cm³/mol. The third kappa shape index (κ3) is 5.06. The van der Waals surface area contributed by atoms with Gasteiger partial charge in [0.05, 0.1) is 20.4 Å². The topological polar surface area (TPSA) is 135 Å². The second kappa shape index (κ2) is 8.60. The smallest absolute Gasteiger partial charge is 0.269 e. The molecule has 0 atom stereocenters. The fourth-order valence-electron chi connectivity index (χ4n) is 3.20. The molecule has 168 valence electrons.